The van der Waals surface area contributed by atoms with Gasteiger partial charge in [0.15, 0.2) is 0 Å². The Morgan fingerprint density at radius 3 is 2.33 bits per heavy atom. The van der Waals surface area contributed by atoms with E-state index in [1.807, 2.05) is 7.05 Å². The van der Waals surface area contributed by atoms with Crippen molar-refractivity contribution < 1.29 is 0 Å². The number of nitrogens with one attached hydrogen (secondary N) is 1. The molecule has 0 aliphatic heterocycles. The van der Waals surface area contributed by atoms with Crippen LogP contribution >= 0.6 is 0 Å². The number of unbranched alkanes of at least 4 members (excludes halogenated alkanes) is 1. The van der Waals surface area contributed by atoms with E-state index in [9.17, 15) is 0 Å². The first-order chi connectivity index (χ1) is 5.85. The van der Waals surface area contributed by atoms with E-state index in [2.05, 4.69) is 24.1 Å². The van der Waals surface area contributed by atoms with Crippen LogP contribution in [0.2, 0.25) is 0 Å². The summed E-state index contributed by atoms with van der Waals surface area (Å²) in [7, 11) is 2.02. The molecule has 2 nitrogen and oxygen atoms in total. The maximum atomic E-state index is 3.17. The largest absolute Gasteiger partial charge is 0.320 e. The molecule has 0 spiro atoms. The van der Waals surface area contributed by atoms with Crippen molar-refractivity contribution in [2.75, 3.05) is 33.2 Å². The van der Waals surface area contributed by atoms with Crippen LogP contribution in [0.1, 0.15) is 33.1 Å². The molecule has 2 heteroatoms. The van der Waals surface area contributed by atoms with Crippen molar-refractivity contribution in [3.8, 4) is 0 Å². The van der Waals surface area contributed by atoms with Gasteiger partial charge in [0.2, 0.25) is 0 Å². The maximum Gasteiger partial charge on any atom is -0.00184 e. The number of hydrogen-bond acceptors (Lipinski definition) is 2. The van der Waals surface area contributed by atoms with Crippen LogP contribution < -0.4 is 5.32 Å². The fraction of sp³-hybridized carbons (Fsp3) is 1.00. The van der Waals surface area contributed by atoms with Crippen LogP contribution in [0.25, 0.3) is 0 Å². The molecule has 0 saturated carbocycles. The van der Waals surface area contributed by atoms with Crippen LogP contribution in [0.4, 0.5) is 0 Å². The molecule has 12 heavy (non-hydrogen) atoms. The molecular formula is C10H24N2. The zero-order valence-corrected chi connectivity index (χ0v) is 8.90. The molecule has 0 heterocycles. The second-order valence-electron chi connectivity index (χ2n) is 3.24. The Bertz CT molecular complexity index is 83.9. The molecule has 0 unspecified atom stereocenters. The predicted molar refractivity (Wildman–Crippen MR) is 55.6 cm³/mol. The summed E-state index contributed by atoms with van der Waals surface area (Å²) >= 11 is 0. The molecule has 0 fully saturated rings. The zero-order valence-electron chi connectivity index (χ0n) is 8.90. The number of rotatable bonds is 8. The van der Waals surface area contributed by atoms with Gasteiger partial charge in [0.05, 0.1) is 0 Å². The van der Waals surface area contributed by atoms with Gasteiger partial charge in [-0.25, -0.2) is 0 Å². The van der Waals surface area contributed by atoms with Gasteiger partial charge in [-0.1, -0.05) is 13.8 Å². The van der Waals surface area contributed by atoms with E-state index in [1.54, 1.807) is 0 Å². The molecule has 0 aromatic carbocycles. The standard InChI is InChI=1S/C10H24N2/c1-4-9-12(5-2)10-7-6-8-11-3/h11H,4-10H2,1-3H3. The van der Waals surface area contributed by atoms with Gasteiger partial charge in [-0.05, 0) is 52.5 Å². The highest BCUT2D eigenvalue weighted by Crippen LogP contribution is 1.95. The Hall–Kier alpha value is -0.0800. The minimum absolute atomic E-state index is 1.16. The average molecular weight is 172 g/mol. The fourth-order valence-corrected chi connectivity index (χ4v) is 1.38. The van der Waals surface area contributed by atoms with Crippen molar-refractivity contribution >= 4 is 0 Å². The second-order valence-corrected chi connectivity index (χ2v) is 3.24. The Morgan fingerprint density at radius 2 is 1.83 bits per heavy atom. The quantitative estimate of drug-likeness (QED) is 0.561. The molecule has 0 rings (SSSR count). The van der Waals surface area contributed by atoms with E-state index in [-0.39, 0.29) is 0 Å². The molecular weight excluding hydrogens is 148 g/mol. The average Bonchev–Trinajstić information content (AvgIpc) is 2.10. The maximum absolute atomic E-state index is 3.17. The summed E-state index contributed by atoms with van der Waals surface area (Å²) in [6.07, 6.45) is 3.91. The van der Waals surface area contributed by atoms with Crippen LogP contribution in [0.15, 0.2) is 0 Å². The highest BCUT2D eigenvalue weighted by atomic mass is 15.1. The molecule has 0 amide bonds. The second kappa shape index (κ2) is 9.01. The van der Waals surface area contributed by atoms with Crippen LogP contribution in [-0.4, -0.2) is 38.1 Å². The van der Waals surface area contributed by atoms with Crippen molar-refractivity contribution in [1.29, 1.82) is 0 Å². The summed E-state index contributed by atoms with van der Waals surface area (Å²) in [6, 6.07) is 0. The third-order valence-electron chi connectivity index (χ3n) is 2.14. The van der Waals surface area contributed by atoms with E-state index < -0.39 is 0 Å². The SMILES string of the molecule is CCCN(CC)CCCCNC. The van der Waals surface area contributed by atoms with Gasteiger partial charge >= 0.3 is 0 Å². The smallest absolute Gasteiger partial charge is 0.00184 e. The molecule has 0 aromatic heterocycles. The van der Waals surface area contributed by atoms with Crippen molar-refractivity contribution in [1.82, 2.24) is 10.2 Å². The highest BCUT2D eigenvalue weighted by Gasteiger charge is 1.98. The molecule has 0 saturated heterocycles. The predicted octanol–water partition coefficient (Wildman–Crippen LogP) is 1.72. The monoisotopic (exact) mass is 172 g/mol. The lowest BCUT2D eigenvalue weighted by atomic mass is 10.3. The molecule has 0 atom stereocenters. The summed E-state index contributed by atoms with van der Waals surface area (Å²) in [4.78, 5) is 2.52. The van der Waals surface area contributed by atoms with Crippen LogP contribution in [0.3, 0.4) is 0 Å². The van der Waals surface area contributed by atoms with Gasteiger partial charge in [-0.15, -0.1) is 0 Å². The van der Waals surface area contributed by atoms with Gasteiger partial charge in [0.1, 0.15) is 0 Å². The first-order valence-electron chi connectivity index (χ1n) is 5.22. The normalized spacial score (nSPS) is 11.0. The van der Waals surface area contributed by atoms with Crippen molar-refractivity contribution in [2.45, 2.75) is 33.1 Å². The lowest BCUT2D eigenvalue weighted by Gasteiger charge is -2.18. The van der Waals surface area contributed by atoms with Gasteiger partial charge in [0, 0.05) is 0 Å². The van der Waals surface area contributed by atoms with Crippen LogP contribution in [0.5, 0.6) is 0 Å². The van der Waals surface area contributed by atoms with Gasteiger partial charge in [-0.3, -0.25) is 0 Å². The summed E-state index contributed by atoms with van der Waals surface area (Å²) in [6.45, 7) is 9.38. The van der Waals surface area contributed by atoms with E-state index in [4.69, 9.17) is 0 Å². The third-order valence-corrected chi connectivity index (χ3v) is 2.14. The van der Waals surface area contributed by atoms with Gasteiger partial charge in [0.25, 0.3) is 0 Å². The first-order valence-corrected chi connectivity index (χ1v) is 5.22. The molecule has 0 aliphatic carbocycles. The van der Waals surface area contributed by atoms with Gasteiger partial charge in [-0.2, -0.15) is 0 Å². The Balaban J connectivity index is 3.19. The van der Waals surface area contributed by atoms with Crippen LogP contribution in [-0.2, 0) is 0 Å². The zero-order chi connectivity index (χ0) is 9.23. The van der Waals surface area contributed by atoms with E-state index in [0.29, 0.717) is 0 Å². The third kappa shape index (κ3) is 6.62. The lowest BCUT2D eigenvalue weighted by Crippen LogP contribution is -2.25. The molecule has 1 N–H and O–H groups in total. The minimum Gasteiger partial charge on any atom is -0.320 e. The summed E-state index contributed by atoms with van der Waals surface area (Å²) in [5, 5.41) is 3.17. The summed E-state index contributed by atoms with van der Waals surface area (Å²) in [5.41, 5.74) is 0. The number of hydrogen-bond donors (Lipinski definition) is 1. The molecule has 74 valence electrons. The number of nitrogens with zero attached hydrogens (tertiary/aromatic N) is 1. The Morgan fingerprint density at radius 1 is 1.08 bits per heavy atom. The minimum atomic E-state index is 1.16. The molecule has 0 aromatic rings. The van der Waals surface area contributed by atoms with Crippen LogP contribution in [0, 0.1) is 0 Å². The topological polar surface area (TPSA) is 15.3 Å². The molecule has 0 aliphatic rings. The van der Waals surface area contributed by atoms with E-state index in [1.165, 1.54) is 38.9 Å². The fourth-order valence-electron chi connectivity index (χ4n) is 1.38. The van der Waals surface area contributed by atoms with Crippen molar-refractivity contribution in [3.63, 3.8) is 0 Å². The molecule has 0 radical (unpaired) electrons. The van der Waals surface area contributed by atoms with E-state index in [0.717, 1.165) is 6.54 Å². The van der Waals surface area contributed by atoms with Crippen molar-refractivity contribution in [2.24, 2.45) is 0 Å². The van der Waals surface area contributed by atoms with Crippen molar-refractivity contribution in [3.05, 3.63) is 0 Å². The molecule has 0 bridgehead atoms. The Labute approximate surface area is 77.3 Å². The first kappa shape index (κ1) is 11.9. The van der Waals surface area contributed by atoms with E-state index >= 15 is 0 Å². The van der Waals surface area contributed by atoms with Gasteiger partial charge < -0.3 is 10.2 Å². The summed E-state index contributed by atoms with van der Waals surface area (Å²) < 4.78 is 0. The summed E-state index contributed by atoms with van der Waals surface area (Å²) in [5.74, 6) is 0. The Kier molecular flexibility index (Phi) is 8.95. The lowest BCUT2D eigenvalue weighted by molar-refractivity contribution is 0.282. The highest BCUT2D eigenvalue weighted by molar-refractivity contribution is 4.54.